The summed E-state index contributed by atoms with van der Waals surface area (Å²) < 4.78 is 2.60. The molecule has 90 valence electrons. The van der Waals surface area contributed by atoms with E-state index in [1.54, 1.807) is 22.2 Å². The Kier molecular flexibility index (Phi) is 4.03. The van der Waals surface area contributed by atoms with Crippen molar-refractivity contribution in [1.29, 1.82) is 0 Å². The van der Waals surface area contributed by atoms with Crippen molar-refractivity contribution < 1.29 is 4.79 Å². The van der Waals surface area contributed by atoms with E-state index >= 15 is 0 Å². The molecule has 2 N–H and O–H groups in total. The lowest BCUT2D eigenvalue weighted by atomic mass is 10.2. The molecule has 0 aliphatic heterocycles. The molecule has 0 saturated heterocycles. The number of halogens is 1. The maximum atomic E-state index is 11.9. The number of carbonyl (C=O) groups is 1. The quantitative estimate of drug-likeness (QED) is 0.848. The van der Waals surface area contributed by atoms with E-state index in [4.69, 9.17) is 5.73 Å². The number of hydrogen-bond acceptors (Lipinski definition) is 5. The van der Waals surface area contributed by atoms with Gasteiger partial charge in [-0.05, 0) is 28.1 Å². The van der Waals surface area contributed by atoms with Gasteiger partial charge in [0.15, 0.2) is 5.78 Å². The summed E-state index contributed by atoms with van der Waals surface area (Å²) in [5.41, 5.74) is 5.79. The van der Waals surface area contributed by atoms with E-state index in [0.29, 0.717) is 25.2 Å². The van der Waals surface area contributed by atoms with Crippen LogP contribution in [0.3, 0.4) is 0 Å². The summed E-state index contributed by atoms with van der Waals surface area (Å²) in [6, 6.07) is 3.86. The van der Waals surface area contributed by atoms with Crippen LogP contribution in [-0.4, -0.2) is 27.3 Å². The minimum Gasteiger partial charge on any atom is -0.329 e. The van der Waals surface area contributed by atoms with Gasteiger partial charge in [-0.1, -0.05) is 5.21 Å². The number of thiophene rings is 1. The third kappa shape index (κ3) is 3.21. The molecule has 2 aromatic rings. The number of ketones is 1. The highest BCUT2D eigenvalue weighted by Crippen LogP contribution is 2.23. The van der Waals surface area contributed by atoms with Gasteiger partial charge in [-0.2, -0.15) is 0 Å². The highest BCUT2D eigenvalue weighted by molar-refractivity contribution is 9.11. The lowest BCUT2D eigenvalue weighted by Crippen LogP contribution is -2.10. The summed E-state index contributed by atoms with van der Waals surface area (Å²) in [6.45, 7) is 1.06. The molecule has 0 spiro atoms. The first-order valence-corrected chi connectivity index (χ1v) is 6.67. The molecule has 0 aliphatic carbocycles. The first-order chi connectivity index (χ1) is 8.19. The van der Waals surface area contributed by atoms with E-state index in [9.17, 15) is 4.79 Å². The van der Waals surface area contributed by atoms with Crippen LogP contribution in [0.2, 0.25) is 0 Å². The van der Waals surface area contributed by atoms with E-state index in [2.05, 4.69) is 26.2 Å². The Hall–Kier alpha value is -1.05. The fraction of sp³-hybridized carbons (Fsp3) is 0.300. The molecule has 0 amide bonds. The molecule has 0 radical (unpaired) electrons. The largest absolute Gasteiger partial charge is 0.329 e. The van der Waals surface area contributed by atoms with Crippen LogP contribution in [0.4, 0.5) is 0 Å². The number of hydrogen-bond donors (Lipinski definition) is 1. The lowest BCUT2D eigenvalue weighted by molar-refractivity contribution is 0.0989. The van der Waals surface area contributed by atoms with Crippen molar-refractivity contribution in [2.75, 3.05) is 6.54 Å². The Balaban J connectivity index is 2.03. The van der Waals surface area contributed by atoms with Crippen LogP contribution in [0.5, 0.6) is 0 Å². The molecular weight excluding hydrogens is 304 g/mol. The first-order valence-electron chi connectivity index (χ1n) is 5.06. The molecule has 17 heavy (non-hydrogen) atoms. The summed E-state index contributed by atoms with van der Waals surface area (Å²) in [5, 5.41) is 7.67. The zero-order valence-corrected chi connectivity index (χ0v) is 11.4. The molecule has 7 heteroatoms. The smallest absolute Gasteiger partial charge is 0.189 e. The fourth-order valence-corrected chi connectivity index (χ4v) is 2.85. The predicted octanol–water partition coefficient (Wildman–Crippen LogP) is 1.49. The van der Waals surface area contributed by atoms with Crippen molar-refractivity contribution in [2.45, 2.75) is 13.0 Å². The third-order valence-electron chi connectivity index (χ3n) is 2.15. The predicted molar refractivity (Wildman–Crippen MR) is 69.1 cm³/mol. The van der Waals surface area contributed by atoms with E-state index in [-0.39, 0.29) is 5.78 Å². The molecular formula is C10H11BrN4OS. The minimum atomic E-state index is -0.0254. The van der Waals surface area contributed by atoms with Crippen LogP contribution in [-0.2, 0) is 13.0 Å². The monoisotopic (exact) mass is 314 g/mol. The molecule has 2 heterocycles. The highest BCUT2D eigenvalue weighted by Gasteiger charge is 2.12. The standard InChI is InChI=1S/C10H11BrN4OS/c11-10-2-1-7(17-10)5-9(16)8-6-15(4-3-12)14-13-8/h1-2,6H,3-5,12H2. The van der Waals surface area contributed by atoms with Gasteiger partial charge in [0.05, 0.1) is 16.5 Å². The second-order valence-corrected chi connectivity index (χ2v) is 6.01. The maximum Gasteiger partial charge on any atom is 0.189 e. The fourth-order valence-electron chi connectivity index (χ4n) is 1.36. The molecule has 0 aromatic carbocycles. The molecule has 2 aromatic heterocycles. The Morgan fingerprint density at radius 3 is 3.00 bits per heavy atom. The molecule has 0 saturated carbocycles. The summed E-state index contributed by atoms with van der Waals surface area (Å²) in [7, 11) is 0. The van der Waals surface area contributed by atoms with Gasteiger partial charge < -0.3 is 5.73 Å². The van der Waals surface area contributed by atoms with Gasteiger partial charge in [0.2, 0.25) is 0 Å². The average molecular weight is 315 g/mol. The Labute approximate surface area is 111 Å². The molecule has 5 nitrogen and oxygen atoms in total. The van der Waals surface area contributed by atoms with Crippen molar-refractivity contribution in [3.8, 4) is 0 Å². The van der Waals surface area contributed by atoms with E-state index < -0.39 is 0 Å². The van der Waals surface area contributed by atoms with Crippen LogP contribution < -0.4 is 5.73 Å². The van der Waals surface area contributed by atoms with Crippen molar-refractivity contribution in [2.24, 2.45) is 5.73 Å². The number of aromatic nitrogens is 3. The van der Waals surface area contributed by atoms with Crippen LogP contribution >= 0.6 is 27.3 Å². The van der Waals surface area contributed by atoms with Gasteiger partial charge in [0, 0.05) is 17.8 Å². The van der Waals surface area contributed by atoms with Crippen molar-refractivity contribution >= 4 is 33.0 Å². The van der Waals surface area contributed by atoms with E-state index in [1.807, 2.05) is 12.1 Å². The maximum absolute atomic E-state index is 11.9. The average Bonchev–Trinajstić information content (AvgIpc) is 2.88. The SMILES string of the molecule is NCCn1cc(C(=O)Cc2ccc(Br)s2)nn1. The molecule has 0 unspecified atom stereocenters. The van der Waals surface area contributed by atoms with Gasteiger partial charge in [-0.3, -0.25) is 9.48 Å². The number of rotatable bonds is 5. The molecule has 0 atom stereocenters. The van der Waals surface area contributed by atoms with Crippen molar-refractivity contribution in [1.82, 2.24) is 15.0 Å². The van der Waals surface area contributed by atoms with Crippen LogP contribution in [0.25, 0.3) is 0 Å². The number of nitrogens with two attached hydrogens (primary N) is 1. The van der Waals surface area contributed by atoms with Gasteiger partial charge >= 0.3 is 0 Å². The Bertz CT molecular complexity index is 522. The van der Waals surface area contributed by atoms with E-state index in [0.717, 1.165) is 8.66 Å². The van der Waals surface area contributed by atoms with Crippen LogP contribution in [0, 0.1) is 0 Å². The van der Waals surface area contributed by atoms with Gasteiger partial charge in [-0.25, -0.2) is 0 Å². The van der Waals surface area contributed by atoms with Gasteiger partial charge in [0.1, 0.15) is 5.69 Å². The summed E-state index contributed by atoms with van der Waals surface area (Å²) in [4.78, 5) is 12.9. The zero-order valence-electron chi connectivity index (χ0n) is 8.97. The Morgan fingerprint density at radius 2 is 2.35 bits per heavy atom. The molecule has 0 bridgehead atoms. The van der Waals surface area contributed by atoms with Crippen molar-refractivity contribution in [3.05, 3.63) is 32.7 Å². The van der Waals surface area contributed by atoms with Crippen LogP contribution in [0.1, 0.15) is 15.4 Å². The third-order valence-corrected chi connectivity index (χ3v) is 3.77. The molecule has 0 fully saturated rings. The number of Topliss-reactive ketones (excluding diaryl/α,β-unsaturated/α-hetero) is 1. The molecule has 0 aliphatic rings. The Morgan fingerprint density at radius 1 is 1.53 bits per heavy atom. The minimum absolute atomic E-state index is 0.0254. The normalized spacial score (nSPS) is 10.7. The molecule has 2 rings (SSSR count). The second-order valence-electron chi connectivity index (χ2n) is 3.46. The van der Waals surface area contributed by atoms with Gasteiger partial charge in [-0.15, -0.1) is 16.4 Å². The highest BCUT2D eigenvalue weighted by atomic mass is 79.9. The summed E-state index contributed by atoms with van der Waals surface area (Å²) in [5.74, 6) is -0.0254. The summed E-state index contributed by atoms with van der Waals surface area (Å²) >= 11 is 4.91. The number of nitrogens with zero attached hydrogens (tertiary/aromatic N) is 3. The topological polar surface area (TPSA) is 73.8 Å². The van der Waals surface area contributed by atoms with Crippen LogP contribution in [0.15, 0.2) is 22.1 Å². The first kappa shape index (κ1) is 12.4. The lowest BCUT2D eigenvalue weighted by Gasteiger charge is -1.94. The zero-order chi connectivity index (χ0) is 12.3. The second kappa shape index (κ2) is 5.52. The van der Waals surface area contributed by atoms with E-state index in [1.165, 1.54) is 0 Å². The van der Waals surface area contributed by atoms with Gasteiger partial charge in [0.25, 0.3) is 0 Å². The van der Waals surface area contributed by atoms with Crippen molar-refractivity contribution in [3.63, 3.8) is 0 Å². The summed E-state index contributed by atoms with van der Waals surface area (Å²) in [6.07, 6.45) is 2.00. The number of carbonyl (C=O) groups excluding carboxylic acids is 1.